The predicted molar refractivity (Wildman–Crippen MR) is 155 cm³/mol. The highest BCUT2D eigenvalue weighted by molar-refractivity contribution is 6.36. The molecular weight excluding hydrogens is 513 g/mol. The molecule has 2 atom stereocenters. The Morgan fingerprint density at radius 3 is 2.49 bits per heavy atom. The summed E-state index contributed by atoms with van der Waals surface area (Å²) in [5.74, 6) is 0.383. The highest BCUT2D eigenvalue weighted by Gasteiger charge is 2.44. The van der Waals surface area contributed by atoms with Crippen molar-refractivity contribution in [2.24, 2.45) is 5.41 Å². The number of halogens is 2. The zero-order valence-electron chi connectivity index (χ0n) is 22.4. The first kappa shape index (κ1) is 25.0. The number of rotatable bonds is 7. The summed E-state index contributed by atoms with van der Waals surface area (Å²) in [4.78, 5) is 14.1. The maximum absolute atomic E-state index is 16.5. The van der Waals surface area contributed by atoms with Crippen molar-refractivity contribution in [1.29, 1.82) is 0 Å². The van der Waals surface area contributed by atoms with Crippen LogP contribution in [0.1, 0.15) is 25.7 Å². The number of ether oxygens (including phenoxy) is 1. The van der Waals surface area contributed by atoms with E-state index in [-0.39, 0.29) is 17.2 Å². The van der Waals surface area contributed by atoms with E-state index < -0.39 is 0 Å². The van der Waals surface area contributed by atoms with Crippen LogP contribution >= 0.6 is 11.6 Å². The summed E-state index contributed by atoms with van der Waals surface area (Å²) >= 11 is 6.61. The maximum atomic E-state index is 16.5. The summed E-state index contributed by atoms with van der Waals surface area (Å²) < 4.78 is 22.8. The molecular formula is C31H33ClFN5O. The summed E-state index contributed by atoms with van der Waals surface area (Å²) in [5, 5.41) is 6.80. The van der Waals surface area contributed by atoms with Crippen LogP contribution in [-0.2, 0) is 0 Å². The number of benzene rings is 3. The van der Waals surface area contributed by atoms with Crippen molar-refractivity contribution in [1.82, 2.24) is 20.2 Å². The van der Waals surface area contributed by atoms with Crippen LogP contribution in [0.3, 0.4) is 0 Å². The SMILES string of the molecule is CN(C)CC1(COc2nc(N3CC4CCC(C3)N4)c3ccc(-c4cccc5cccc(Cl)c45)c(F)c3n2)CC1. The molecule has 3 aromatic carbocycles. The van der Waals surface area contributed by atoms with Crippen LogP contribution in [0.4, 0.5) is 10.2 Å². The first-order valence-corrected chi connectivity index (χ1v) is 14.2. The van der Waals surface area contributed by atoms with E-state index in [0.717, 1.165) is 67.5 Å². The molecule has 3 fully saturated rings. The number of piperazine rings is 1. The van der Waals surface area contributed by atoms with Gasteiger partial charge in [-0.15, -0.1) is 0 Å². The topological polar surface area (TPSA) is 53.5 Å². The van der Waals surface area contributed by atoms with Crippen molar-refractivity contribution in [3.63, 3.8) is 0 Å². The molecule has 3 heterocycles. The Kier molecular flexibility index (Phi) is 6.14. The van der Waals surface area contributed by atoms with Gasteiger partial charge in [0.1, 0.15) is 11.3 Å². The van der Waals surface area contributed by atoms with E-state index in [1.165, 1.54) is 0 Å². The Morgan fingerprint density at radius 1 is 1.03 bits per heavy atom. The second-order valence-electron chi connectivity index (χ2n) is 11.9. The number of hydrogen-bond acceptors (Lipinski definition) is 6. The average Bonchev–Trinajstić information content (AvgIpc) is 3.60. The van der Waals surface area contributed by atoms with Gasteiger partial charge in [-0.25, -0.2) is 4.39 Å². The maximum Gasteiger partial charge on any atom is 0.319 e. The number of anilines is 1. The molecule has 2 aliphatic heterocycles. The van der Waals surface area contributed by atoms with Crippen molar-refractivity contribution in [2.45, 2.75) is 37.8 Å². The third-order valence-corrected chi connectivity index (χ3v) is 8.86. The van der Waals surface area contributed by atoms with E-state index in [2.05, 4.69) is 34.2 Å². The van der Waals surface area contributed by atoms with E-state index in [0.29, 0.717) is 40.2 Å². The quantitative estimate of drug-likeness (QED) is 0.312. The lowest BCUT2D eigenvalue weighted by Crippen LogP contribution is -2.51. The van der Waals surface area contributed by atoms with Gasteiger partial charge in [-0.1, -0.05) is 48.0 Å². The Balaban J connectivity index is 1.34. The molecule has 4 aromatic rings. The number of aromatic nitrogens is 2. The Hall–Kier alpha value is -3.00. The molecule has 7 rings (SSSR count). The van der Waals surface area contributed by atoms with E-state index in [1.54, 1.807) is 0 Å². The normalized spacial score (nSPS) is 21.7. The molecule has 1 N–H and O–H groups in total. The summed E-state index contributed by atoms with van der Waals surface area (Å²) in [6.07, 6.45) is 4.54. The molecule has 1 aromatic heterocycles. The largest absolute Gasteiger partial charge is 0.463 e. The van der Waals surface area contributed by atoms with Gasteiger partial charge in [0.25, 0.3) is 0 Å². The van der Waals surface area contributed by atoms with Crippen LogP contribution in [-0.4, -0.2) is 67.3 Å². The van der Waals surface area contributed by atoms with Crippen molar-refractivity contribution < 1.29 is 9.13 Å². The molecule has 0 spiro atoms. The molecule has 0 amide bonds. The Labute approximate surface area is 233 Å². The second kappa shape index (κ2) is 9.58. The van der Waals surface area contributed by atoms with Crippen LogP contribution in [0.25, 0.3) is 32.8 Å². The van der Waals surface area contributed by atoms with Crippen LogP contribution in [0.5, 0.6) is 6.01 Å². The second-order valence-corrected chi connectivity index (χ2v) is 12.3. The summed E-state index contributed by atoms with van der Waals surface area (Å²) in [7, 11) is 4.17. The molecule has 39 heavy (non-hydrogen) atoms. The third kappa shape index (κ3) is 4.60. The van der Waals surface area contributed by atoms with Crippen molar-refractivity contribution in [2.75, 3.05) is 45.2 Å². The van der Waals surface area contributed by atoms with E-state index >= 15 is 4.39 Å². The van der Waals surface area contributed by atoms with Gasteiger partial charge in [0.05, 0.1) is 6.61 Å². The highest BCUT2D eigenvalue weighted by atomic mass is 35.5. The molecule has 0 radical (unpaired) electrons. The van der Waals surface area contributed by atoms with Crippen LogP contribution in [0, 0.1) is 11.2 Å². The minimum atomic E-state index is -0.374. The first-order chi connectivity index (χ1) is 18.9. The molecule has 2 unspecified atom stereocenters. The van der Waals surface area contributed by atoms with Crippen LogP contribution < -0.4 is 15.0 Å². The monoisotopic (exact) mass is 545 g/mol. The minimum Gasteiger partial charge on any atom is -0.463 e. The Morgan fingerprint density at radius 2 is 1.77 bits per heavy atom. The smallest absolute Gasteiger partial charge is 0.319 e. The molecule has 6 nitrogen and oxygen atoms in total. The number of nitrogens with zero attached hydrogens (tertiary/aromatic N) is 4. The fraction of sp³-hybridized carbons (Fsp3) is 0.419. The first-order valence-electron chi connectivity index (χ1n) is 13.9. The lowest BCUT2D eigenvalue weighted by Gasteiger charge is -2.34. The molecule has 3 aliphatic rings. The van der Waals surface area contributed by atoms with Gasteiger partial charge in [-0.2, -0.15) is 9.97 Å². The predicted octanol–water partition coefficient (Wildman–Crippen LogP) is 5.90. The molecule has 2 bridgehead atoms. The average molecular weight is 546 g/mol. The summed E-state index contributed by atoms with van der Waals surface area (Å²) in [5.41, 5.74) is 1.64. The molecule has 8 heteroatoms. The number of nitrogens with one attached hydrogen (secondary N) is 1. The van der Waals surface area contributed by atoms with E-state index in [4.69, 9.17) is 21.3 Å². The number of hydrogen-bond donors (Lipinski definition) is 1. The van der Waals surface area contributed by atoms with Gasteiger partial charge in [-0.05, 0) is 62.9 Å². The zero-order valence-corrected chi connectivity index (χ0v) is 23.1. The van der Waals surface area contributed by atoms with Crippen molar-refractivity contribution in [3.05, 3.63) is 59.4 Å². The van der Waals surface area contributed by atoms with Gasteiger partial charge < -0.3 is 19.9 Å². The highest BCUT2D eigenvalue weighted by Crippen LogP contribution is 2.46. The van der Waals surface area contributed by atoms with Crippen molar-refractivity contribution >= 4 is 39.1 Å². The van der Waals surface area contributed by atoms with Gasteiger partial charge in [-0.3, -0.25) is 0 Å². The Bertz CT molecular complexity index is 1550. The van der Waals surface area contributed by atoms with Gasteiger partial charge in [0.15, 0.2) is 5.82 Å². The van der Waals surface area contributed by atoms with Crippen LogP contribution in [0.15, 0.2) is 48.5 Å². The summed E-state index contributed by atoms with van der Waals surface area (Å²) in [6, 6.07) is 16.5. The molecule has 202 valence electrons. The minimum absolute atomic E-state index is 0.121. The standard InChI is InChI=1S/C31H33ClFN5O/c1-37(2)17-31(13-14-31)18-39-30-35-28-24(29(36-30)38-15-20-9-10-21(16-38)34-20)12-11-23(27(28)33)22-7-3-5-19-6-4-8-25(32)26(19)22/h3-8,11-12,20-21,34H,9-10,13-18H2,1-2H3. The van der Waals surface area contributed by atoms with Gasteiger partial charge in [0.2, 0.25) is 0 Å². The zero-order chi connectivity index (χ0) is 26.7. The number of fused-ring (bicyclic) bond motifs is 4. The lowest BCUT2D eigenvalue weighted by atomic mass is 9.96. The molecule has 2 saturated heterocycles. The van der Waals surface area contributed by atoms with E-state index in [9.17, 15) is 0 Å². The molecule has 1 saturated carbocycles. The molecule has 1 aliphatic carbocycles. The van der Waals surface area contributed by atoms with Gasteiger partial charge in [0, 0.05) is 58.5 Å². The van der Waals surface area contributed by atoms with Gasteiger partial charge >= 0.3 is 6.01 Å². The van der Waals surface area contributed by atoms with E-state index in [1.807, 2.05) is 48.5 Å². The summed E-state index contributed by atoms with van der Waals surface area (Å²) in [6.45, 7) is 3.17. The lowest BCUT2D eigenvalue weighted by molar-refractivity contribution is 0.183. The van der Waals surface area contributed by atoms with Crippen LogP contribution in [0.2, 0.25) is 5.02 Å². The fourth-order valence-corrected chi connectivity index (χ4v) is 6.83. The third-order valence-electron chi connectivity index (χ3n) is 8.54. The fourth-order valence-electron chi connectivity index (χ4n) is 6.54. The van der Waals surface area contributed by atoms with Crippen molar-refractivity contribution in [3.8, 4) is 17.1 Å².